The van der Waals surface area contributed by atoms with E-state index in [0.29, 0.717) is 6.10 Å². The summed E-state index contributed by atoms with van der Waals surface area (Å²) in [6.07, 6.45) is 7.34. The summed E-state index contributed by atoms with van der Waals surface area (Å²) < 4.78 is 10.9. The second-order valence-corrected chi connectivity index (χ2v) is 8.84. The van der Waals surface area contributed by atoms with Gasteiger partial charge in [0.25, 0.3) is 0 Å². The molecular weight excluding hydrogens is 386 g/mol. The summed E-state index contributed by atoms with van der Waals surface area (Å²) in [4.78, 5) is 5.02. The minimum Gasteiger partial charge on any atom is -0.380 e. The average molecular weight is 444 g/mol. The number of nitrogens with one attached hydrogen (secondary N) is 1. The summed E-state index contributed by atoms with van der Waals surface area (Å²) in [5.41, 5.74) is 0. The molecular formula is C26H57N3O2. The molecule has 0 aromatic rings. The molecule has 0 aromatic heterocycles. The van der Waals surface area contributed by atoms with Crippen LogP contribution in [-0.4, -0.2) is 88.1 Å². The number of ether oxygens (including phenoxy) is 2. The first-order chi connectivity index (χ1) is 15.1. The average Bonchev–Trinajstić information content (AvgIpc) is 2.80. The van der Waals surface area contributed by atoms with Gasteiger partial charge in [0.05, 0.1) is 19.3 Å². The topological polar surface area (TPSA) is 37.0 Å². The van der Waals surface area contributed by atoms with Gasteiger partial charge < -0.3 is 19.7 Å². The zero-order valence-electron chi connectivity index (χ0n) is 22.3. The molecule has 0 aliphatic carbocycles. The quantitative estimate of drug-likeness (QED) is 0.434. The third-order valence-corrected chi connectivity index (χ3v) is 6.31. The smallest absolute Gasteiger partial charge is 0.0596 e. The Morgan fingerprint density at radius 2 is 1.45 bits per heavy atom. The zero-order chi connectivity index (χ0) is 23.3. The standard InChI is InChI=1S/C15H31NO.C9H20N2O.C2H6/c1-4-7-14(5-2)15-8-10-16(11-9-15)12-13-17-6-3;1-9(2)12-8-7-11-5-3-10-4-6-11;1-2/h14-15H,4-13H2,1-3H3;9-10H,3-8H2,1-2H3;1-2H3. The first kappa shape index (κ1) is 30.8. The molecule has 2 aliphatic rings. The van der Waals surface area contributed by atoms with E-state index >= 15 is 0 Å². The van der Waals surface area contributed by atoms with Gasteiger partial charge in [-0.05, 0) is 58.5 Å². The van der Waals surface area contributed by atoms with Crippen molar-refractivity contribution in [1.29, 1.82) is 0 Å². The van der Waals surface area contributed by atoms with Crippen LogP contribution in [-0.2, 0) is 9.47 Å². The van der Waals surface area contributed by atoms with E-state index in [2.05, 4.69) is 49.7 Å². The van der Waals surface area contributed by atoms with Crippen molar-refractivity contribution < 1.29 is 9.47 Å². The molecule has 2 aliphatic heterocycles. The van der Waals surface area contributed by atoms with Gasteiger partial charge in [-0.25, -0.2) is 0 Å². The van der Waals surface area contributed by atoms with Crippen LogP contribution < -0.4 is 5.32 Å². The first-order valence-corrected chi connectivity index (χ1v) is 13.4. The van der Waals surface area contributed by atoms with Crippen molar-refractivity contribution in [1.82, 2.24) is 15.1 Å². The summed E-state index contributed by atoms with van der Waals surface area (Å²) in [5.74, 6) is 1.97. The fourth-order valence-electron chi connectivity index (χ4n) is 4.48. The van der Waals surface area contributed by atoms with Gasteiger partial charge in [0, 0.05) is 45.9 Å². The number of nitrogens with zero attached hydrogens (tertiary/aromatic N) is 2. The summed E-state index contributed by atoms with van der Waals surface area (Å²) in [7, 11) is 0. The molecule has 5 nitrogen and oxygen atoms in total. The second-order valence-electron chi connectivity index (χ2n) is 8.84. The van der Waals surface area contributed by atoms with E-state index in [1.54, 1.807) is 0 Å². The molecule has 31 heavy (non-hydrogen) atoms. The van der Waals surface area contributed by atoms with Gasteiger partial charge in [0.2, 0.25) is 0 Å². The van der Waals surface area contributed by atoms with Crippen LogP contribution in [0.15, 0.2) is 0 Å². The van der Waals surface area contributed by atoms with Crippen molar-refractivity contribution in [2.24, 2.45) is 11.8 Å². The van der Waals surface area contributed by atoms with Gasteiger partial charge in [-0.2, -0.15) is 0 Å². The third-order valence-electron chi connectivity index (χ3n) is 6.31. The molecule has 0 spiro atoms. The van der Waals surface area contributed by atoms with E-state index in [4.69, 9.17) is 9.47 Å². The lowest BCUT2D eigenvalue weighted by atomic mass is 9.80. The molecule has 1 unspecified atom stereocenters. The molecule has 1 N–H and O–H groups in total. The molecule has 1 atom stereocenters. The maximum atomic E-state index is 5.48. The zero-order valence-corrected chi connectivity index (χ0v) is 22.3. The minimum atomic E-state index is 0.368. The van der Waals surface area contributed by atoms with E-state index in [9.17, 15) is 0 Å². The Balaban J connectivity index is 0.000000564. The molecule has 2 rings (SSSR count). The van der Waals surface area contributed by atoms with Crippen LogP contribution in [0, 0.1) is 11.8 Å². The highest BCUT2D eigenvalue weighted by Gasteiger charge is 2.24. The number of hydrogen-bond acceptors (Lipinski definition) is 5. The molecule has 0 radical (unpaired) electrons. The Hall–Kier alpha value is -0.200. The minimum absolute atomic E-state index is 0.368. The Morgan fingerprint density at radius 3 is 1.97 bits per heavy atom. The van der Waals surface area contributed by atoms with Gasteiger partial charge in [-0.15, -0.1) is 0 Å². The van der Waals surface area contributed by atoms with Crippen molar-refractivity contribution >= 4 is 0 Å². The van der Waals surface area contributed by atoms with E-state index in [1.165, 1.54) is 58.3 Å². The molecule has 0 bridgehead atoms. The van der Waals surface area contributed by atoms with Gasteiger partial charge in [0.1, 0.15) is 0 Å². The van der Waals surface area contributed by atoms with Crippen molar-refractivity contribution in [3.63, 3.8) is 0 Å². The van der Waals surface area contributed by atoms with Gasteiger partial charge in [-0.3, -0.25) is 4.90 Å². The van der Waals surface area contributed by atoms with Crippen LogP contribution in [0.25, 0.3) is 0 Å². The maximum Gasteiger partial charge on any atom is 0.0596 e. The van der Waals surface area contributed by atoms with E-state index in [0.717, 1.165) is 57.8 Å². The lowest BCUT2D eigenvalue weighted by Crippen LogP contribution is -2.44. The van der Waals surface area contributed by atoms with E-state index < -0.39 is 0 Å². The van der Waals surface area contributed by atoms with Crippen LogP contribution in [0.2, 0.25) is 0 Å². The van der Waals surface area contributed by atoms with Crippen molar-refractivity contribution in [2.45, 2.75) is 86.7 Å². The second kappa shape index (κ2) is 21.6. The summed E-state index contributed by atoms with van der Waals surface area (Å²) in [6, 6.07) is 0. The fraction of sp³-hybridized carbons (Fsp3) is 1.00. The maximum absolute atomic E-state index is 5.48. The van der Waals surface area contributed by atoms with E-state index in [1.807, 2.05) is 13.8 Å². The van der Waals surface area contributed by atoms with Gasteiger partial charge in [-0.1, -0.05) is 47.0 Å². The highest BCUT2D eigenvalue weighted by Crippen LogP contribution is 2.30. The van der Waals surface area contributed by atoms with Crippen LogP contribution in [0.5, 0.6) is 0 Å². The Bertz CT molecular complexity index is 355. The van der Waals surface area contributed by atoms with Gasteiger partial charge >= 0.3 is 0 Å². The molecule has 2 saturated heterocycles. The fourth-order valence-corrected chi connectivity index (χ4v) is 4.48. The monoisotopic (exact) mass is 443 g/mol. The van der Waals surface area contributed by atoms with E-state index in [-0.39, 0.29) is 0 Å². The van der Waals surface area contributed by atoms with Crippen LogP contribution >= 0.6 is 0 Å². The Labute approximate surface area is 195 Å². The van der Waals surface area contributed by atoms with Gasteiger partial charge in [0.15, 0.2) is 0 Å². The number of piperazine rings is 1. The van der Waals surface area contributed by atoms with Crippen molar-refractivity contribution in [3.8, 4) is 0 Å². The van der Waals surface area contributed by atoms with Crippen molar-refractivity contribution in [3.05, 3.63) is 0 Å². The normalized spacial score (nSPS) is 19.4. The predicted molar refractivity (Wildman–Crippen MR) is 136 cm³/mol. The van der Waals surface area contributed by atoms with Crippen LogP contribution in [0.1, 0.15) is 80.6 Å². The van der Waals surface area contributed by atoms with Crippen LogP contribution in [0.4, 0.5) is 0 Å². The Morgan fingerprint density at radius 1 is 0.871 bits per heavy atom. The molecule has 5 heteroatoms. The molecule has 2 heterocycles. The third kappa shape index (κ3) is 16.1. The Kier molecular flexibility index (Phi) is 21.5. The summed E-state index contributed by atoms with van der Waals surface area (Å²) in [5, 5.41) is 3.33. The lowest BCUT2D eigenvalue weighted by molar-refractivity contribution is 0.0566. The molecule has 2 fully saturated rings. The number of hydrogen-bond donors (Lipinski definition) is 1. The first-order valence-electron chi connectivity index (χ1n) is 13.4. The highest BCUT2D eigenvalue weighted by atomic mass is 16.5. The number of piperidine rings is 1. The lowest BCUT2D eigenvalue weighted by Gasteiger charge is -2.35. The van der Waals surface area contributed by atoms with Crippen LogP contribution in [0.3, 0.4) is 0 Å². The van der Waals surface area contributed by atoms with Crippen molar-refractivity contribution in [2.75, 3.05) is 72.2 Å². The molecule has 0 amide bonds. The predicted octanol–water partition coefficient (Wildman–Crippen LogP) is 4.90. The molecule has 188 valence electrons. The molecule has 0 saturated carbocycles. The number of rotatable bonds is 12. The number of likely N-dealkylation sites (tertiary alicyclic amines) is 1. The molecule has 0 aromatic carbocycles. The SMILES string of the molecule is CC.CC(C)OCCN1CCNCC1.CCCC(CC)C1CCN(CCOCC)CC1. The largest absolute Gasteiger partial charge is 0.380 e. The summed E-state index contributed by atoms with van der Waals surface area (Å²) >= 11 is 0. The summed E-state index contributed by atoms with van der Waals surface area (Å²) in [6.45, 7) is 26.9. The highest BCUT2D eigenvalue weighted by molar-refractivity contribution is 4.77.